The number of carbonyl (C=O) groups excluding carboxylic acids is 1. The summed E-state index contributed by atoms with van der Waals surface area (Å²) in [6.45, 7) is 5.16. The van der Waals surface area contributed by atoms with E-state index in [-0.39, 0.29) is 12.2 Å². The molecule has 0 spiro atoms. The fourth-order valence-electron chi connectivity index (χ4n) is 3.46. The van der Waals surface area contributed by atoms with Crippen LogP contribution in [-0.2, 0) is 14.3 Å². The number of amides is 1. The van der Waals surface area contributed by atoms with Crippen molar-refractivity contribution in [3.8, 4) is 11.5 Å². The van der Waals surface area contributed by atoms with Crippen LogP contribution >= 0.6 is 11.6 Å². The average molecular weight is 396 g/mol. The van der Waals surface area contributed by atoms with E-state index in [9.17, 15) is 4.79 Å². The highest BCUT2D eigenvalue weighted by Gasteiger charge is 2.31. The van der Waals surface area contributed by atoms with Gasteiger partial charge >= 0.3 is 0 Å². The Morgan fingerprint density at radius 3 is 2.63 bits per heavy atom. The van der Waals surface area contributed by atoms with Gasteiger partial charge in [-0.15, -0.1) is 0 Å². The molecular weight excluding hydrogens is 370 g/mol. The van der Waals surface area contributed by atoms with Crippen LogP contribution in [0.15, 0.2) is 18.2 Å². The minimum Gasteiger partial charge on any atom is -0.491 e. The van der Waals surface area contributed by atoms with Gasteiger partial charge < -0.3 is 23.8 Å². The highest BCUT2D eigenvalue weighted by Crippen LogP contribution is 2.36. The van der Waals surface area contributed by atoms with Crippen molar-refractivity contribution in [3.63, 3.8) is 0 Å². The predicted molar refractivity (Wildman–Crippen MR) is 103 cm³/mol. The molecule has 1 amide bonds. The standard InChI is InChI=1S/C20H26ClNO5/c1-3-25-17-13-14(12-16(21)19(17)24-2)4-5-18(23)22-8-6-15(7-9-22)20-26-10-11-27-20/h4-5,12-13,15,20H,3,6-11H2,1-2H3/b5-4+. The van der Waals surface area contributed by atoms with E-state index in [1.54, 1.807) is 25.3 Å². The number of halogens is 1. The van der Waals surface area contributed by atoms with Gasteiger partial charge in [-0.05, 0) is 43.5 Å². The molecule has 0 radical (unpaired) electrons. The molecule has 0 saturated carbocycles. The Labute approximate surface area is 165 Å². The number of hydrogen-bond donors (Lipinski definition) is 0. The second kappa shape index (κ2) is 9.44. The lowest BCUT2D eigenvalue weighted by atomic mass is 9.96. The van der Waals surface area contributed by atoms with Crippen LogP contribution in [0.5, 0.6) is 11.5 Å². The van der Waals surface area contributed by atoms with Crippen molar-refractivity contribution in [2.45, 2.75) is 26.1 Å². The smallest absolute Gasteiger partial charge is 0.246 e. The van der Waals surface area contributed by atoms with Crippen molar-refractivity contribution in [1.29, 1.82) is 0 Å². The van der Waals surface area contributed by atoms with Gasteiger partial charge in [-0.2, -0.15) is 0 Å². The fraction of sp³-hybridized carbons (Fsp3) is 0.550. The number of piperidine rings is 1. The van der Waals surface area contributed by atoms with Gasteiger partial charge in [0.05, 0.1) is 32.0 Å². The molecule has 2 aliphatic heterocycles. The van der Waals surface area contributed by atoms with Crippen molar-refractivity contribution in [2.75, 3.05) is 40.0 Å². The quantitative estimate of drug-likeness (QED) is 0.691. The van der Waals surface area contributed by atoms with Crippen molar-refractivity contribution >= 4 is 23.6 Å². The van der Waals surface area contributed by atoms with E-state index in [0.717, 1.165) is 18.4 Å². The van der Waals surface area contributed by atoms with Crippen LogP contribution in [0.25, 0.3) is 6.08 Å². The zero-order valence-corrected chi connectivity index (χ0v) is 16.5. The van der Waals surface area contributed by atoms with E-state index in [4.69, 9.17) is 30.5 Å². The van der Waals surface area contributed by atoms with Crippen LogP contribution in [0.2, 0.25) is 5.02 Å². The first-order valence-electron chi connectivity index (χ1n) is 9.33. The molecule has 148 valence electrons. The molecule has 2 heterocycles. The predicted octanol–water partition coefficient (Wildman–Crippen LogP) is 3.37. The highest BCUT2D eigenvalue weighted by molar-refractivity contribution is 6.32. The van der Waals surface area contributed by atoms with Gasteiger partial charge in [-0.1, -0.05) is 11.6 Å². The number of rotatable bonds is 6. The number of likely N-dealkylation sites (tertiary alicyclic amines) is 1. The summed E-state index contributed by atoms with van der Waals surface area (Å²) in [5.74, 6) is 1.43. The number of nitrogens with zero attached hydrogens (tertiary/aromatic N) is 1. The third-order valence-electron chi connectivity index (χ3n) is 4.84. The summed E-state index contributed by atoms with van der Waals surface area (Å²) in [5, 5.41) is 0.452. The Morgan fingerprint density at radius 1 is 1.30 bits per heavy atom. The minimum atomic E-state index is -0.101. The number of benzene rings is 1. The molecule has 2 fully saturated rings. The molecule has 1 aromatic rings. The summed E-state index contributed by atoms with van der Waals surface area (Å²) in [7, 11) is 1.55. The summed E-state index contributed by atoms with van der Waals surface area (Å²) in [5.41, 5.74) is 0.792. The zero-order chi connectivity index (χ0) is 19.2. The van der Waals surface area contributed by atoms with Crippen LogP contribution in [0, 0.1) is 5.92 Å². The maximum absolute atomic E-state index is 12.5. The monoisotopic (exact) mass is 395 g/mol. The largest absolute Gasteiger partial charge is 0.491 e. The molecule has 0 atom stereocenters. The van der Waals surface area contributed by atoms with Crippen LogP contribution in [0.1, 0.15) is 25.3 Å². The lowest BCUT2D eigenvalue weighted by Crippen LogP contribution is -2.40. The van der Waals surface area contributed by atoms with E-state index in [1.165, 1.54) is 0 Å². The molecule has 7 heteroatoms. The van der Waals surface area contributed by atoms with Gasteiger partial charge in [-0.3, -0.25) is 4.79 Å². The number of carbonyl (C=O) groups is 1. The van der Waals surface area contributed by atoms with Crippen LogP contribution in [0.4, 0.5) is 0 Å². The Morgan fingerprint density at radius 2 is 2.00 bits per heavy atom. The van der Waals surface area contributed by atoms with Crippen molar-refractivity contribution in [2.24, 2.45) is 5.92 Å². The van der Waals surface area contributed by atoms with E-state index >= 15 is 0 Å². The van der Waals surface area contributed by atoms with Crippen LogP contribution < -0.4 is 9.47 Å². The van der Waals surface area contributed by atoms with Gasteiger partial charge in [0.1, 0.15) is 0 Å². The Kier molecular flexibility index (Phi) is 6.99. The van der Waals surface area contributed by atoms with Gasteiger partial charge in [0.2, 0.25) is 5.91 Å². The van der Waals surface area contributed by atoms with Gasteiger partial charge in [0.15, 0.2) is 17.8 Å². The summed E-state index contributed by atoms with van der Waals surface area (Å²) < 4.78 is 22.0. The maximum atomic E-state index is 12.5. The highest BCUT2D eigenvalue weighted by atomic mass is 35.5. The number of methoxy groups -OCH3 is 1. The SMILES string of the molecule is CCOc1cc(/C=C/C(=O)N2CCC(C3OCCO3)CC2)cc(Cl)c1OC. The second-order valence-electron chi connectivity index (χ2n) is 6.57. The summed E-state index contributed by atoms with van der Waals surface area (Å²) in [6, 6.07) is 3.58. The Hall–Kier alpha value is -1.76. The molecule has 6 nitrogen and oxygen atoms in total. The van der Waals surface area contributed by atoms with Crippen LogP contribution in [0.3, 0.4) is 0 Å². The molecule has 0 N–H and O–H groups in total. The molecule has 3 rings (SSSR count). The van der Waals surface area contributed by atoms with E-state index in [2.05, 4.69) is 0 Å². The molecule has 0 aromatic heterocycles. The van der Waals surface area contributed by atoms with Crippen molar-refractivity contribution in [3.05, 3.63) is 28.8 Å². The molecule has 0 unspecified atom stereocenters. The zero-order valence-electron chi connectivity index (χ0n) is 15.8. The minimum absolute atomic E-state index is 0.00777. The molecule has 2 aliphatic rings. The van der Waals surface area contributed by atoms with Crippen molar-refractivity contribution < 1.29 is 23.7 Å². The summed E-state index contributed by atoms with van der Waals surface area (Å²) in [4.78, 5) is 14.4. The number of ether oxygens (including phenoxy) is 4. The lowest BCUT2D eigenvalue weighted by Gasteiger charge is -2.33. The summed E-state index contributed by atoms with van der Waals surface area (Å²) in [6.07, 6.45) is 5.03. The van der Waals surface area contributed by atoms with E-state index in [0.29, 0.717) is 55.3 Å². The Bertz CT molecular complexity index is 679. The topological polar surface area (TPSA) is 57.2 Å². The number of hydrogen-bond acceptors (Lipinski definition) is 5. The first kappa shape index (κ1) is 20.0. The molecule has 0 aliphatic carbocycles. The van der Waals surface area contributed by atoms with E-state index in [1.807, 2.05) is 17.9 Å². The summed E-state index contributed by atoms with van der Waals surface area (Å²) >= 11 is 6.25. The van der Waals surface area contributed by atoms with E-state index < -0.39 is 0 Å². The van der Waals surface area contributed by atoms with Gasteiger partial charge in [0.25, 0.3) is 0 Å². The van der Waals surface area contributed by atoms with Gasteiger partial charge in [0, 0.05) is 25.1 Å². The van der Waals surface area contributed by atoms with Crippen molar-refractivity contribution in [1.82, 2.24) is 4.90 Å². The normalized spacial score (nSPS) is 19.0. The molecule has 2 saturated heterocycles. The second-order valence-corrected chi connectivity index (χ2v) is 6.98. The molecule has 0 bridgehead atoms. The maximum Gasteiger partial charge on any atom is 0.246 e. The average Bonchev–Trinajstić information content (AvgIpc) is 3.21. The third-order valence-corrected chi connectivity index (χ3v) is 5.12. The van der Waals surface area contributed by atoms with Crippen LogP contribution in [-0.4, -0.2) is 57.1 Å². The molecular formula is C20H26ClNO5. The fourth-order valence-corrected chi connectivity index (χ4v) is 3.76. The first-order chi connectivity index (χ1) is 13.1. The lowest BCUT2D eigenvalue weighted by molar-refractivity contribution is -0.131. The Balaban J connectivity index is 1.60. The third kappa shape index (κ3) is 4.94. The van der Waals surface area contributed by atoms with Gasteiger partial charge in [-0.25, -0.2) is 0 Å². The molecule has 27 heavy (non-hydrogen) atoms. The molecule has 1 aromatic carbocycles. The first-order valence-corrected chi connectivity index (χ1v) is 9.70.